The van der Waals surface area contributed by atoms with Crippen LogP contribution in [0.3, 0.4) is 0 Å². The maximum absolute atomic E-state index is 7.01. The van der Waals surface area contributed by atoms with Gasteiger partial charge in [-0.05, 0) is 42.0 Å². The number of hydrogen-bond donors (Lipinski definition) is 0. The molecule has 12 rings (SSSR count). The second kappa shape index (κ2) is 12.5. The highest BCUT2D eigenvalue weighted by Gasteiger charge is 2.45. The first-order chi connectivity index (χ1) is 28.3. The molecule has 6 heteroatoms. The van der Waals surface area contributed by atoms with Gasteiger partial charge in [0.1, 0.15) is 5.58 Å². The number of para-hydroxylation sites is 4. The molecule has 0 N–H and O–H groups in total. The van der Waals surface area contributed by atoms with E-state index in [9.17, 15) is 0 Å². The molecular formula is C51H33N5O. The molecule has 10 aromatic rings. The van der Waals surface area contributed by atoms with E-state index in [0.29, 0.717) is 17.5 Å². The van der Waals surface area contributed by atoms with Gasteiger partial charge >= 0.3 is 0 Å². The van der Waals surface area contributed by atoms with E-state index in [-0.39, 0.29) is 12.0 Å². The first kappa shape index (κ1) is 31.7. The summed E-state index contributed by atoms with van der Waals surface area (Å²) >= 11 is 0. The fraction of sp³-hybridized carbons (Fsp3) is 0.0392. The highest BCUT2D eigenvalue weighted by atomic mass is 16.3. The molecular weight excluding hydrogens is 699 g/mol. The molecule has 2 unspecified atom stereocenters. The van der Waals surface area contributed by atoms with Gasteiger partial charge in [-0.2, -0.15) is 0 Å². The molecule has 1 aliphatic carbocycles. The van der Waals surface area contributed by atoms with Gasteiger partial charge in [0.2, 0.25) is 0 Å². The fourth-order valence-electron chi connectivity index (χ4n) is 9.19. The summed E-state index contributed by atoms with van der Waals surface area (Å²) in [6, 6.07) is 61.3. The van der Waals surface area contributed by atoms with Gasteiger partial charge in [0.25, 0.3) is 0 Å². The van der Waals surface area contributed by atoms with Crippen molar-refractivity contribution in [3.05, 3.63) is 199 Å². The van der Waals surface area contributed by atoms with Crippen LogP contribution in [-0.4, -0.2) is 19.5 Å². The van der Waals surface area contributed by atoms with Crippen molar-refractivity contribution in [2.24, 2.45) is 0 Å². The van der Waals surface area contributed by atoms with Gasteiger partial charge in [-0.3, -0.25) is 0 Å². The van der Waals surface area contributed by atoms with Crippen LogP contribution < -0.4 is 4.90 Å². The minimum Gasteiger partial charge on any atom is -0.454 e. The summed E-state index contributed by atoms with van der Waals surface area (Å²) in [6.07, 6.45) is 4.74. The van der Waals surface area contributed by atoms with E-state index in [1.54, 1.807) is 0 Å². The lowest BCUT2D eigenvalue weighted by Gasteiger charge is -2.33. The first-order valence-corrected chi connectivity index (χ1v) is 19.4. The van der Waals surface area contributed by atoms with Gasteiger partial charge in [0, 0.05) is 55.7 Å². The average molecular weight is 732 g/mol. The van der Waals surface area contributed by atoms with E-state index in [0.717, 1.165) is 50.0 Å². The molecule has 0 fully saturated rings. The number of fused-ring (bicyclic) bond motifs is 10. The molecule has 7 aromatic carbocycles. The van der Waals surface area contributed by atoms with Crippen LogP contribution in [-0.2, 0) is 0 Å². The average Bonchev–Trinajstić information content (AvgIpc) is 3.95. The highest BCUT2D eigenvalue weighted by Crippen LogP contribution is 2.58. The van der Waals surface area contributed by atoms with E-state index < -0.39 is 0 Å². The standard InChI is InChI=1S/C51H33N5O/c1-4-16-32(17-5-1)49-52-50(33-18-6-2-7-19-33)54-51(53-49)40-25-15-29-44-45(40)39-24-14-28-43(48(39)57-44)56-42-27-13-11-23-36(42)38-31-30-37-35-22-10-12-26-41(35)55(46(37)47(38)56)34-20-8-3-9-21-34/h1-31,38,47H. The van der Waals surface area contributed by atoms with Crippen molar-refractivity contribution in [3.8, 4) is 39.9 Å². The van der Waals surface area contributed by atoms with Gasteiger partial charge in [-0.15, -0.1) is 0 Å². The Bertz CT molecular complexity index is 3140. The van der Waals surface area contributed by atoms with Crippen LogP contribution in [0.4, 0.5) is 11.4 Å². The van der Waals surface area contributed by atoms with E-state index in [1.165, 1.54) is 33.4 Å². The Hall–Kier alpha value is -7.57. The fourth-order valence-corrected chi connectivity index (χ4v) is 9.19. The quantitative estimate of drug-likeness (QED) is 0.176. The summed E-state index contributed by atoms with van der Waals surface area (Å²) in [4.78, 5) is 17.7. The van der Waals surface area contributed by atoms with Gasteiger partial charge in [-0.25, -0.2) is 15.0 Å². The number of nitrogens with zero attached hydrogens (tertiary/aromatic N) is 5. The molecule has 0 amide bonds. The zero-order valence-corrected chi connectivity index (χ0v) is 30.7. The van der Waals surface area contributed by atoms with Crippen LogP contribution in [0, 0.1) is 0 Å². The third kappa shape index (κ3) is 4.80. The molecule has 0 spiro atoms. The second-order valence-electron chi connectivity index (χ2n) is 14.7. The van der Waals surface area contributed by atoms with Gasteiger partial charge < -0.3 is 13.9 Å². The summed E-state index contributed by atoms with van der Waals surface area (Å²) in [7, 11) is 0. The molecule has 0 radical (unpaired) electrons. The number of rotatable bonds is 5. The highest BCUT2D eigenvalue weighted by molar-refractivity contribution is 6.15. The Morgan fingerprint density at radius 2 is 1.12 bits per heavy atom. The van der Waals surface area contributed by atoms with E-state index in [1.807, 2.05) is 66.7 Å². The van der Waals surface area contributed by atoms with E-state index in [4.69, 9.17) is 19.4 Å². The lowest BCUT2D eigenvalue weighted by molar-refractivity contribution is 0.627. The Kier molecular flexibility index (Phi) is 6.95. The number of benzene rings is 7. The van der Waals surface area contributed by atoms with Gasteiger partial charge in [0.05, 0.1) is 22.9 Å². The molecule has 57 heavy (non-hydrogen) atoms. The minimum absolute atomic E-state index is 0.0290. The molecule has 0 saturated carbocycles. The van der Waals surface area contributed by atoms with Crippen molar-refractivity contribution in [1.29, 1.82) is 0 Å². The number of anilines is 2. The van der Waals surface area contributed by atoms with Crippen molar-refractivity contribution in [3.63, 3.8) is 0 Å². The third-order valence-electron chi connectivity index (χ3n) is 11.6. The zero-order chi connectivity index (χ0) is 37.5. The molecule has 1 aliphatic heterocycles. The van der Waals surface area contributed by atoms with Crippen molar-refractivity contribution in [2.45, 2.75) is 12.0 Å². The molecule has 2 aliphatic rings. The number of furan rings is 1. The minimum atomic E-state index is -0.0290. The predicted octanol–water partition coefficient (Wildman–Crippen LogP) is 12.7. The van der Waals surface area contributed by atoms with Crippen molar-refractivity contribution in [2.75, 3.05) is 4.90 Å². The summed E-state index contributed by atoms with van der Waals surface area (Å²) in [6.45, 7) is 0. The molecule has 0 bridgehead atoms. The van der Waals surface area contributed by atoms with Crippen LogP contribution in [0.15, 0.2) is 186 Å². The predicted molar refractivity (Wildman–Crippen MR) is 230 cm³/mol. The normalized spacial score (nSPS) is 15.6. The second-order valence-corrected chi connectivity index (χ2v) is 14.7. The number of hydrogen-bond acceptors (Lipinski definition) is 5. The molecule has 0 saturated heterocycles. The summed E-state index contributed by atoms with van der Waals surface area (Å²) < 4.78 is 9.48. The van der Waals surface area contributed by atoms with Crippen molar-refractivity contribution in [1.82, 2.24) is 19.5 Å². The zero-order valence-electron chi connectivity index (χ0n) is 30.7. The monoisotopic (exact) mass is 731 g/mol. The SMILES string of the molecule is C1=CC2c3ccccc3N(c3cccc4c3oc3cccc(-c5nc(-c6ccccc6)nc(-c6ccccc6)n5)c34)C2c2c1c1ccccc1n2-c1ccccc1. The van der Waals surface area contributed by atoms with Crippen LogP contribution in [0.2, 0.25) is 0 Å². The molecule has 268 valence electrons. The lowest BCUT2D eigenvalue weighted by Crippen LogP contribution is -2.26. The largest absolute Gasteiger partial charge is 0.454 e. The maximum Gasteiger partial charge on any atom is 0.164 e. The molecule has 4 heterocycles. The molecule has 6 nitrogen and oxygen atoms in total. The molecule has 3 aromatic heterocycles. The summed E-state index contributed by atoms with van der Waals surface area (Å²) in [5.41, 5.74) is 12.7. The Balaban J connectivity index is 1.09. The third-order valence-corrected chi connectivity index (χ3v) is 11.6. The van der Waals surface area contributed by atoms with Crippen LogP contribution in [0.1, 0.15) is 28.8 Å². The van der Waals surface area contributed by atoms with Crippen LogP contribution in [0.25, 0.3) is 78.8 Å². The van der Waals surface area contributed by atoms with Gasteiger partial charge in [-0.1, -0.05) is 152 Å². The number of aromatic nitrogens is 4. The topological polar surface area (TPSA) is 60.0 Å². The first-order valence-electron chi connectivity index (χ1n) is 19.4. The Morgan fingerprint density at radius 3 is 1.89 bits per heavy atom. The van der Waals surface area contributed by atoms with E-state index in [2.05, 4.69) is 131 Å². The van der Waals surface area contributed by atoms with Crippen molar-refractivity contribution >= 4 is 50.3 Å². The Labute approximate surface area is 328 Å². The van der Waals surface area contributed by atoms with Crippen molar-refractivity contribution < 1.29 is 4.42 Å². The van der Waals surface area contributed by atoms with Crippen LogP contribution >= 0.6 is 0 Å². The summed E-state index contributed by atoms with van der Waals surface area (Å²) in [5, 5.41) is 3.23. The lowest BCUT2D eigenvalue weighted by atomic mass is 9.86. The van der Waals surface area contributed by atoms with E-state index >= 15 is 0 Å². The molecule has 2 atom stereocenters. The maximum atomic E-state index is 7.01. The van der Waals surface area contributed by atoms with Gasteiger partial charge in [0.15, 0.2) is 23.1 Å². The smallest absolute Gasteiger partial charge is 0.164 e. The van der Waals surface area contributed by atoms with Crippen LogP contribution in [0.5, 0.6) is 0 Å². The Morgan fingerprint density at radius 1 is 0.509 bits per heavy atom. The summed E-state index contributed by atoms with van der Waals surface area (Å²) in [5.74, 6) is 1.98.